The molecule has 104 valence electrons. The molecule has 0 radical (unpaired) electrons. The molecule has 0 amide bonds. The molecule has 5 heteroatoms. The highest BCUT2D eigenvalue weighted by molar-refractivity contribution is 5.56. The van der Waals surface area contributed by atoms with Crippen LogP contribution < -0.4 is 10.1 Å². The van der Waals surface area contributed by atoms with Gasteiger partial charge in [-0.15, -0.1) is 0 Å². The SMILES string of the molecule is COc1cc(NC(C)C2CCCC2)cc([N+](=O)[O-])c1. The summed E-state index contributed by atoms with van der Waals surface area (Å²) >= 11 is 0. The van der Waals surface area contributed by atoms with Crippen molar-refractivity contribution in [2.45, 2.75) is 38.6 Å². The molecule has 1 aliphatic carbocycles. The zero-order valence-electron chi connectivity index (χ0n) is 11.4. The van der Waals surface area contributed by atoms with Gasteiger partial charge >= 0.3 is 0 Å². The molecule has 2 rings (SSSR count). The van der Waals surface area contributed by atoms with Crippen LogP contribution in [0.25, 0.3) is 0 Å². The quantitative estimate of drug-likeness (QED) is 0.652. The maximum Gasteiger partial charge on any atom is 0.275 e. The number of ether oxygens (including phenoxy) is 1. The summed E-state index contributed by atoms with van der Waals surface area (Å²) in [4.78, 5) is 10.5. The Morgan fingerprint density at radius 3 is 2.63 bits per heavy atom. The van der Waals surface area contributed by atoms with Crippen LogP contribution in [0.2, 0.25) is 0 Å². The van der Waals surface area contributed by atoms with Crippen LogP contribution in [-0.4, -0.2) is 18.1 Å². The van der Waals surface area contributed by atoms with Crippen molar-refractivity contribution in [1.29, 1.82) is 0 Å². The lowest BCUT2D eigenvalue weighted by atomic mass is 9.99. The van der Waals surface area contributed by atoms with Gasteiger partial charge in [0.1, 0.15) is 5.75 Å². The van der Waals surface area contributed by atoms with Crippen molar-refractivity contribution in [3.8, 4) is 5.75 Å². The minimum atomic E-state index is -0.395. The first-order valence-electron chi connectivity index (χ1n) is 6.70. The van der Waals surface area contributed by atoms with Gasteiger partial charge in [-0.05, 0) is 25.7 Å². The fourth-order valence-corrected chi connectivity index (χ4v) is 2.73. The Hall–Kier alpha value is -1.78. The van der Waals surface area contributed by atoms with Gasteiger partial charge in [-0.3, -0.25) is 10.1 Å². The van der Waals surface area contributed by atoms with Crippen LogP contribution in [-0.2, 0) is 0 Å². The number of non-ortho nitro benzene ring substituents is 1. The molecule has 0 saturated heterocycles. The molecule has 19 heavy (non-hydrogen) atoms. The van der Waals surface area contributed by atoms with E-state index in [0.717, 1.165) is 5.69 Å². The number of benzene rings is 1. The number of anilines is 1. The summed E-state index contributed by atoms with van der Waals surface area (Å²) in [6.45, 7) is 2.14. The van der Waals surface area contributed by atoms with Gasteiger partial charge in [0, 0.05) is 23.9 Å². The highest BCUT2D eigenvalue weighted by Crippen LogP contribution is 2.31. The Labute approximate surface area is 113 Å². The molecule has 1 aromatic rings. The molecule has 1 atom stereocenters. The topological polar surface area (TPSA) is 64.4 Å². The smallest absolute Gasteiger partial charge is 0.275 e. The van der Waals surface area contributed by atoms with Crippen LogP contribution >= 0.6 is 0 Å². The zero-order chi connectivity index (χ0) is 13.8. The van der Waals surface area contributed by atoms with Gasteiger partial charge in [0.15, 0.2) is 0 Å². The van der Waals surface area contributed by atoms with Crippen LogP contribution in [0.5, 0.6) is 5.75 Å². The highest BCUT2D eigenvalue weighted by Gasteiger charge is 2.22. The van der Waals surface area contributed by atoms with E-state index in [0.29, 0.717) is 17.7 Å². The molecule has 1 aromatic carbocycles. The van der Waals surface area contributed by atoms with Gasteiger partial charge in [0.25, 0.3) is 5.69 Å². The van der Waals surface area contributed by atoms with Gasteiger partial charge in [-0.2, -0.15) is 0 Å². The standard InChI is InChI=1S/C14H20N2O3/c1-10(11-5-3-4-6-11)15-12-7-13(16(17)18)9-14(8-12)19-2/h7-11,15H,3-6H2,1-2H3. The van der Waals surface area contributed by atoms with Crippen molar-refractivity contribution in [3.63, 3.8) is 0 Å². The number of methoxy groups -OCH3 is 1. The number of nitrogens with zero attached hydrogens (tertiary/aromatic N) is 1. The van der Waals surface area contributed by atoms with Crippen LogP contribution in [0, 0.1) is 16.0 Å². The molecule has 1 unspecified atom stereocenters. The van der Waals surface area contributed by atoms with Crippen molar-refractivity contribution in [2.75, 3.05) is 12.4 Å². The van der Waals surface area contributed by atoms with Crippen molar-refractivity contribution < 1.29 is 9.66 Å². The van der Waals surface area contributed by atoms with E-state index in [1.807, 2.05) is 0 Å². The van der Waals surface area contributed by atoms with Gasteiger partial charge in [0.05, 0.1) is 18.1 Å². The minimum absolute atomic E-state index is 0.0560. The van der Waals surface area contributed by atoms with E-state index >= 15 is 0 Å². The fourth-order valence-electron chi connectivity index (χ4n) is 2.73. The van der Waals surface area contributed by atoms with E-state index in [9.17, 15) is 10.1 Å². The first-order chi connectivity index (χ1) is 9.10. The molecule has 0 aromatic heterocycles. The number of hydrogen-bond donors (Lipinski definition) is 1. The lowest BCUT2D eigenvalue weighted by Gasteiger charge is -2.21. The van der Waals surface area contributed by atoms with Gasteiger partial charge < -0.3 is 10.1 Å². The summed E-state index contributed by atoms with van der Waals surface area (Å²) in [6, 6.07) is 5.13. The van der Waals surface area contributed by atoms with Crippen LogP contribution in [0.4, 0.5) is 11.4 Å². The fraction of sp³-hybridized carbons (Fsp3) is 0.571. The monoisotopic (exact) mass is 264 g/mol. The van der Waals surface area contributed by atoms with Crippen molar-refractivity contribution in [1.82, 2.24) is 0 Å². The van der Waals surface area contributed by atoms with Crippen LogP contribution in [0.3, 0.4) is 0 Å². The van der Waals surface area contributed by atoms with Crippen LogP contribution in [0.15, 0.2) is 18.2 Å². The predicted molar refractivity (Wildman–Crippen MR) is 74.7 cm³/mol. The summed E-state index contributed by atoms with van der Waals surface area (Å²) in [7, 11) is 1.52. The third kappa shape index (κ3) is 3.36. The molecule has 1 aliphatic rings. The van der Waals surface area contributed by atoms with Gasteiger partial charge in [-0.25, -0.2) is 0 Å². The second kappa shape index (κ2) is 5.91. The molecule has 1 N–H and O–H groups in total. The van der Waals surface area contributed by atoms with E-state index in [-0.39, 0.29) is 5.69 Å². The van der Waals surface area contributed by atoms with Crippen LogP contribution in [0.1, 0.15) is 32.6 Å². The molecule has 1 fully saturated rings. The molecule has 0 aliphatic heterocycles. The average molecular weight is 264 g/mol. The first kappa shape index (κ1) is 13.6. The Bertz CT molecular complexity index is 456. The third-order valence-corrected chi connectivity index (χ3v) is 3.84. The van der Waals surface area contributed by atoms with E-state index in [1.165, 1.54) is 38.9 Å². The maximum atomic E-state index is 10.9. The maximum absolute atomic E-state index is 10.9. The molecule has 5 nitrogen and oxygen atoms in total. The molecule has 0 bridgehead atoms. The normalized spacial score (nSPS) is 17.2. The number of rotatable bonds is 5. The number of nitrogens with one attached hydrogen (secondary N) is 1. The highest BCUT2D eigenvalue weighted by atomic mass is 16.6. The molecule has 1 saturated carbocycles. The number of nitro groups is 1. The van der Waals surface area contributed by atoms with Crippen molar-refractivity contribution in [2.24, 2.45) is 5.92 Å². The molecular formula is C14H20N2O3. The van der Waals surface area contributed by atoms with Gasteiger partial charge in [0.2, 0.25) is 0 Å². The Morgan fingerprint density at radius 1 is 1.37 bits per heavy atom. The Balaban J connectivity index is 2.14. The van der Waals surface area contributed by atoms with E-state index < -0.39 is 4.92 Å². The van der Waals surface area contributed by atoms with E-state index in [4.69, 9.17) is 4.74 Å². The van der Waals surface area contributed by atoms with E-state index in [1.54, 1.807) is 12.1 Å². The number of hydrogen-bond acceptors (Lipinski definition) is 4. The zero-order valence-corrected chi connectivity index (χ0v) is 11.4. The lowest BCUT2D eigenvalue weighted by Crippen LogP contribution is -2.23. The molecule has 0 heterocycles. The Kier molecular flexibility index (Phi) is 4.24. The minimum Gasteiger partial charge on any atom is -0.496 e. The largest absolute Gasteiger partial charge is 0.496 e. The molecule has 0 spiro atoms. The average Bonchev–Trinajstić information content (AvgIpc) is 2.92. The second-order valence-electron chi connectivity index (χ2n) is 5.15. The number of nitro benzene ring substituents is 1. The first-order valence-corrected chi connectivity index (χ1v) is 6.70. The summed E-state index contributed by atoms with van der Waals surface area (Å²) in [6.07, 6.45) is 5.05. The second-order valence-corrected chi connectivity index (χ2v) is 5.15. The van der Waals surface area contributed by atoms with Crippen molar-refractivity contribution in [3.05, 3.63) is 28.3 Å². The molecular weight excluding hydrogens is 244 g/mol. The Morgan fingerprint density at radius 2 is 2.05 bits per heavy atom. The van der Waals surface area contributed by atoms with E-state index in [2.05, 4.69) is 12.2 Å². The van der Waals surface area contributed by atoms with Crippen molar-refractivity contribution >= 4 is 11.4 Å². The third-order valence-electron chi connectivity index (χ3n) is 3.84. The summed E-state index contributed by atoms with van der Waals surface area (Å²) in [5.41, 5.74) is 0.811. The lowest BCUT2D eigenvalue weighted by molar-refractivity contribution is -0.384. The summed E-state index contributed by atoms with van der Waals surface area (Å²) in [5.74, 6) is 1.17. The predicted octanol–water partition coefficient (Wildman–Crippen LogP) is 3.59. The summed E-state index contributed by atoms with van der Waals surface area (Å²) in [5, 5.41) is 14.3. The van der Waals surface area contributed by atoms with Gasteiger partial charge in [-0.1, -0.05) is 12.8 Å². The summed E-state index contributed by atoms with van der Waals surface area (Å²) < 4.78 is 5.11.